The van der Waals surface area contributed by atoms with Gasteiger partial charge in [0.25, 0.3) is 5.56 Å². The van der Waals surface area contributed by atoms with E-state index >= 15 is 0 Å². The van der Waals surface area contributed by atoms with Crippen molar-refractivity contribution >= 4 is 33.3 Å². The van der Waals surface area contributed by atoms with Gasteiger partial charge in [-0.15, -0.1) is 11.3 Å². The lowest BCUT2D eigenvalue weighted by atomic mass is 10.0. The van der Waals surface area contributed by atoms with Crippen molar-refractivity contribution in [1.29, 1.82) is 0 Å². The Morgan fingerprint density at radius 2 is 1.83 bits per heavy atom. The van der Waals surface area contributed by atoms with Crippen molar-refractivity contribution in [1.82, 2.24) is 19.9 Å². The first kappa shape index (κ1) is 20.5. The van der Waals surface area contributed by atoms with Gasteiger partial charge in [0.1, 0.15) is 16.3 Å². The van der Waals surface area contributed by atoms with Gasteiger partial charge in [-0.25, -0.2) is 15.0 Å². The Kier molecular flexibility index (Phi) is 5.37. The molecule has 0 bridgehead atoms. The van der Waals surface area contributed by atoms with Crippen LogP contribution in [0.1, 0.15) is 22.0 Å². The highest BCUT2D eigenvalue weighted by molar-refractivity contribution is 7.98. The van der Waals surface area contributed by atoms with Gasteiger partial charge in [0, 0.05) is 16.6 Å². The van der Waals surface area contributed by atoms with E-state index in [4.69, 9.17) is 0 Å². The third-order valence-electron chi connectivity index (χ3n) is 4.39. The summed E-state index contributed by atoms with van der Waals surface area (Å²) in [6.45, 7) is 3.93. The fourth-order valence-electron chi connectivity index (χ4n) is 3.00. The maximum atomic E-state index is 12.8. The molecule has 0 aliphatic rings. The Bertz CT molecular complexity index is 1280. The molecule has 0 saturated heterocycles. The number of benzene rings is 1. The number of thioether (sulfide) groups is 1. The smallest absolute Gasteiger partial charge is 0.309 e. The van der Waals surface area contributed by atoms with Gasteiger partial charge in [-0.2, -0.15) is 13.2 Å². The third-order valence-corrected chi connectivity index (χ3v) is 6.26. The zero-order valence-electron chi connectivity index (χ0n) is 15.9. The van der Waals surface area contributed by atoms with E-state index in [2.05, 4.69) is 19.9 Å². The Labute approximate surface area is 177 Å². The standard InChI is InChI=1S/C20H15F3N4OS2/c1-10-3-5-12(6-4-10)15-11(2)30-18-16(15)17(28)26-14(27-18)9-29-19-24-8-7-13(25-19)20(21,22)23/h3-8H,9H2,1-2H3,(H,26,27,28). The Morgan fingerprint density at radius 1 is 1.10 bits per heavy atom. The molecule has 3 aromatic heterocycles. The quantitative estimate of drug-likeness (QED) is 0.336. The van der Waals surface area contributed by atoms with E-state index in [1.807, 2.05) is 38.1 Å². The summed E-state index contributed by atoms with van der Waals surface area (Å²) < 4.78 is 38.4. The molecular formula is C20H15F3N4OS2. The highest BCUT2D eigenvalue weighted by Gasteiger charge is 2.32. The molecule has 4 rings (SSSR count). The van der Waals surface area contributed by atoms with E-state index in [-0.39, 0.29) is 16.5 Å². The normalized spacial score (nSPS) is 11.9. The number of aryl methyl sites for hydroxylation is 2. The van der Waals surface area contributed by atoms with Crippen molar-refractivity contribution < 1.29 is 13.2 Å². The van der Waals surface area contributed by atoms with Crippen LogP contribution in [0.2, 0.25) is 0 Å². The molecule has 0 atom stereocenters. The zero-order chi connectivity index (χ0) is 21.5. The molecule has 0 aliphatic heterocycles. The SMILES string of the molecule is Cc1ccc(-c2c(C)sc3nc(CSc4nccc(C(F)(F)F)n4)[nH]c(=O)c23)cc1. The molecule has 0 saturated carbocycles. The summed E-state index contributed by atoms with van der Waals surface area (Å²) in [4.78, 5) is 29.0. The summed E-state index contributed by atoms with van der Waals surface area (Å²) in [5.41, 5.74) is 1.63. The van der Waals surface area contributed by atoms with E-state index in [0.29, 0.717) is 16.0 Å². The second-order valence-corrected chi connectivity index (χ2v) is 8.75. The Balaban J connectivity index is 1.65. The molecule has 0 fully saturated rings. The number of nitrogens with one attached hydrogen (secondary N) is 1. The van der Waals surface area contributed by atoms with Crippen molar-refractivity contribution in [2.24, 2.45) is 0 Å². The minimum absolute atomic E-state index is 0.0322. The number of nitrogens with zero attached hydrogens (tertiary/aromatic N) is 3. The van der Waals surface area contributed by atoms with E-state index in [1.54, 1.807) is 0 Å². The van der Waals surface area contributed by atoms with Crippen LogP contribution >= 0.6 is 23.1 Å². The number of aromatic amines is 1. The second kappa shape index (κ2) is 7.84. The van der Waals surface area contributed by atoms with Crippen LogP contribution in [0.15, 0.2) is 46.5 Å². The van der Waals surface area contributed by atoms with Gasteiger partial charge in [-0.3, -0.25) is 4.79 Å². The molecule has 1 N–H and O–H groups in total. The van der Waals surface area contributed by atoms with E-state index in [1.165, 1.54) is 11.3 Å². The lowest BCUT2D eigenvalue weighted by molar-refractivity contribution is -0.141. The fourth-order valence-corrected chi connectivity index (χ4v) is 4.77. The van der Waals surface area contributed by atoms with Gasteiger partial charge in [0.2, 0.25) is 0 Å². The van der Waals surface area contributed by atoms with Gasteiger partial charge < -0.3 is 4.98 Å². The number of rotatable bonds is 4. The first-order valence-corrected chi connectivity index (χ1v) is 10.6. The summed E-state index contributed by atoms with van der Waals surface area (Å²) in [5.74, 6) is 0.499. The van der Waals surface area contributed by atoms with Gasteiger partial charge in [0.05, 0.1) is 11.1 Å². The van der Waals surface area contributed by atoms with Crippen molar-refractivity contribution in [2.45, 2.75) is 30.9 Å². The summed E-state index contributed by atoms with van der Waals surface area (Å²) in [6, 6.07) is 8.73. The summed E-state index contributed by atoms with van der Waals surface area (Å²) >= 11 is 2.39. The second-order valence-electron chi connectivity index (χ2n) is 6.60. The molecular weight excluding hydrogens is 433 g/mol. The van der Waals surface area contributed by atoms with E-state index in [9.17, 15) is 18.0 Å². The van der Waals surface area contributed by atoms with Crippen LogP contribution in [0, 0.1) is 13.8 Å². The number of hydrogen-bond acceptors (Lipinski definition) is 6. The van der Waals surface area contributed by atoms with Crippen LogP contribution in [0.5, 0.6) is 0 Å². The molecule has 10 heteroatoms. The molecule has 0 aliphatic carbocycles. The van der Waals surface area contributed by atoms with Crippen LogP contribution in [-0.4, -0.2) is 19.9 Å². The average Bonchev–Trinajstić information content (AvgIpc) is 3.03. The highest BCUT2D eigenvalue weighted by atomic mass is 32.2. The number of aromatic nitrogens is 4. The minimum Gasteiger partial charge on any atom is -0.309 e. The lowest BCUT2D eigenvalue weighted by Gasteiger charge is -2.06. The number of thiophene rings is 1. The topological polar surface area (TPSA) is 71.5 Å². The lowest BCUT2D eigenvalue weighted by Crippen LogP contribution is -2.11. The molecule has 3 heterocycles. The van der Waals surface area contributed by atoms with Gasteiger partial charge in [-0.1, -0.05) is 41.6 Å². The van der Waals surface area contributed by atoms with Crippen LogP contribution < -0.4 is 5.56 Å². The number of alkyl halides is 3. The number of hydrogen-bond donors (Lipinski definition) is 1. The Morgan fingerprint density at radius 3 is 2.53 bits per heavy atom. The number of H-pyrrole nitrogens is 1. The summed E-state index contributed by atoms with van der Waals surface area (Å²) in [7, 11) is 0. The molecule has 5 nitrogen and oxygen atoms in total. The fraction of sp³-hybridized carbons (Fsp3) is 0.200. The molecule has 0 amide bonds. The maximum absolute atomic E-state index is 12.8. The molecule has 0 unspecified atom stereocenters. The predicted octanol–water partition coefficient (Wildman–Crippen LogP) is 5.37. The van der Waals surface area contributed by atoms with Crippen molar-refractivity contribution in [3.8, 4) is 11.1 Å². The van der Waals surface area contributed by atoms with E-state index in [0.717, 1.165) is 45.6 Å². The molecule has 154 valence electrons. The van der Waals surface area contributed by atoms with Gasteiger partial charge >= 0.3 is 6.18 Å². The molecule has 0 spiro atoms. The van der Waals surface area contributed by atoms with Crippen LogP contribution in [0.25, 0.3) is 21.3 Å². The largest absolute Gasteiger partial charge is 0.433 e. The highest BCUT2D eigenvalue weighted by Crippen LogP contribution is 2.36. The first-order chi connectivity index (χ1) is 14.2. The molecule has 4 aromatic rings. The van der Waals surface area contributed by atoms with E-state index < -0.39 is 11.9 Å². The maximum Gasteiger partial charge on any atom is 0.433 e. The van der Waals surface area contributed by atoms with Crippen molar-refractivity contribution in [3.63, 3.8) is 0 Å². The van der Waals surface area contributed by atoms with Crippen molar-refractivity contribution in [2.75, 3.05) is 0 Å². The average molecular weight is 448 g/mol. The molecule has 0 radical (unpaired) electrons. The monoisotopic (exact) mass is 448 g/mol. The van der Waals surface area contributed by atoms with Gasteiger partial charge in [-0.05, 0) is 25.5 Å². The predicted molar refractivity (Wildman–Crippen MR) is 112 cm³/mol. The Hall–Kier alpha value is -2.72. The molecule has 1 aromatic carbocycles. The number of fused-ring (bicyclic) bond motifs is 1. The number of halogens is 3. The van der Waals surface area contributed by atoms with Crippen molar-refractivity contribution in [3.05, 3.63) is 68.8 Å². The summed E-state index contributed by atoms with van der Waals surface area (Å²) in [5, 5.41) is 0.487. The molecule has 30 heavy (non-hydrogen) atoms. The summed E-state index contributed by atoms with van der Waals surface area (Å²) in [6.07, 6.45) is -3.47. The first-order valence-electron chi connectivity index (χ1n) is 8.85. The zero-order valence-corrected chi connectivity index (χ0v) is 17.5. The third kappa shape index (κ3) is 4.10. The van der Waals surface area contributed by atoms with Crippen LogP contribution in [0.4, 0.5) is 13.2 Å². The minimum atomic E-state index is -4.54. The van der Waals surface area contributed by atoms with Crippen LogP contribution in [-0.2, 0) is 11.9 Å². The van der Waals surface area contributed by atoms with Gasteiger partial charge in [0.15, 0.2) is 5.16 Å². The van der Waals surface area contributed by atoms with Crippen LogP contribution in [0.3, 0.4) is 0 Å².